The lowest BCUT2D eigenvalue weighted by Crippen LogP contribution is -2.45. The summed E-state index contributed by atoms with van der Waals surface area (Å²) in [5, 5.41) is 15.5. The van der Waals surface area contributed by atoms with Gasteiger partial charge in [-0.05, 0) is 57.0 Å². The molecule has 0 spiro atoms. The van der Waals surface area contributed by atoms with Crippen LogP contribution in [0.5, 0.6) is 5.75 Å². The second-order valence-corrected chi connectivity index (χ2v) is 8.19. The van der Waals surface area contributed by atoms with Crippen LogP contribution in [0.1, 0.15) is 36.9 Å². The number of benzene rings is 2. The molecule has 0 unspecified atom stereocenters. The van der Waals surface area contributed by atoms with E-state index in [-0.39, 0.29) is 18.5 Å². The molecular weight excluding hydrogens is 404 g/mol. The minimum atomic E-state index is -0.324. The molecule has 0 aliphatic carbocycles. The molecule has 1 aliphatic rings. The van der Waals surface area contributed by atoms with Gasteiger partial charge in [0.2, 0.25) is 0 Å². The number of rotatable bonds is 5. The van der Waals surface area contributed by atoms with Crippen LogP contribution in [0.3, 0.4) is 0 Å². The third-order valence-electron chi connectivity index (χ3n) is 6.10. The van der Waals surface area contributed by atoms with E-state index in [0.717, 1.165) is 46.3 Å². The number of ether oxygens (including phenoxy) is 1. The van der Waals surface area contributed by atoms with Crippen molar-refractivity contribution in [1.82, 2.24) is 19.7 Å². The molecule has 2 heterocycles. The number of aromatic nitrogens is 2. The summed E-state index contributed by atoms with van der Waals surface area (Å²) in [5.74, 6) is 1.07. The zero-order valence-electron chi connectivity index (χ0n) is 18.9. The molecule has 0 bridgehead atoms. The molecule has 168 valence electrons. The van der Waals surface area contributed by atoms with Crippen LogP contribution < -0.4 is 4.74 Å². The Labute approximate surface area is 188 Å². The van der Waals surface area contributed by atoms with Crippen molar-refractivity contribution in [2.45, 2.75) is 32.6 Å². The second kappa shape index (κ2) is 9.44. The number of likely N-dealkylation sites (tertiary alicyclic amines) is 1. The Morgan fingerprint density at radius 2 is 1.78 bits per heavy atom. The highest BCUT2D eigenvalue weighted by atomic mass is 16.5. The molecule has 1 fully saturated rings. The Kier molecular flexibility index (Phi) is 6.46. The highest BCUT2D eigenvalue weighted by Gasteiger charge is 2.28. The number of nitrogens with zero attached hydrogens (tertiary/aromatic N) is 4. The summed E-state index contributed by atoms with van der Waals surface area (Å²) in [6.07, 6.45) is 1.63. The predicted octanol–water partition coefficient (Wildman–Crippen LogP) is 4.87. The van der Waals surface area contributed by atoms with Crippen molar-refractivity contribution in [3.05, 3.63) is 65.9 Å². The van der Waals surface area contributed by atoms with Crippen LogP contribution in [0, 0.1) is 6.92 Å². The fourth-order valence-electron chi connectivity index (χ4n) is 4.11. The summed E-state index contributed by atoms with van der Waals surface area (Å²) >= 11 is 0. The van der Waals surface area contributed by atoms with Crippen molar-refractivity contribution < 1.29 is 14.7 Å². The van der Waals surface area contributed by atoms with Gasteiger partial charge in [0.1, 0.15) is 5.75 Å². The van der Waals surface area contributed by atoms with Gasteiger partial charge in [0.05, 0.1) is 24.2 Å². The molecule has 0 radical (unpaired) electrons. The van der Waals surface area contributed by atoms with E-state index >= 15 is 0 Å². The quantitative estimate of drug-likeness (QED) is 0.460. The fourth-order valence-corrected chi connectivity index (χ4v) is 4.11. The third kappa shape index (κ3) is 4.48. The van der Waals surface area contributed by atoms with Gasteiger partial charge in [-0.2, -0.15) is 5.10 Å². The van der Waals surface area contributed by atoms with Crippen LogP contribution >= 0.6 is 0 Å². The van der Waals surface area contributed by atoms with Gasteiger partial charge in [0.25, 0.3) is 0 Å². The highest BCUT2D eigenvalue weighted by molar-refractivity contribution is 5.73. The Morgan fingerprint density at radius 3 is 2.38 bits per heavy atom. The molecule has 7 nitrogen and oxygen atoms in total. The van der Waals surface area contributed by atoms with Crippen LogP contribution in [-0.2, 0) is 0 Å². The first-order chi connectivity index (χ1) is 15.5. The molecule has 1 N–H and O–H groups in total. The molecule has 1 aromatic heterocycles. The first-order valence-corrected chi connectivity index (χ1v) is 11.1. The number of aryl methyl sites for hydroxylation is 1. The maximum atomic E-state index is 12.3. The first kappa shape index (κ1) is 21.9. The molecule has 1 aliphatic heterocycles. The molecule has 2 aromatic carbocycles. The monoisotopic (exact) mass is 434 g/mol. The van der Waals surface area contributed by atoms with Gasteiger partial charge >= 0.3 is 6.03 Å². The standard InChI is InChI=1S/C25H30N4O3/c1-4-28(31)25(30)27-15-13-19(14-16-27)23-17-24(20-7-5-18(2)6-8-20)29(26-23)21-9-11-22(32-3)12-10-21/h5-12,17,19,31H,4,13-16H2,1-3H3. The number of urea groups is 1. The van der Waals surface area contributed by atoms with Crippen molar-refractivity contribution >= 4 is 6.03 Å². The lowest BCUT2D eigenvalue weighted by atomic mass is 9.93. The first-order valence-electron chi connectivity index (χ1n) is 11.1. The van der Waals surface area contributed by atoms with E-state index in [0.29, 0.717) is 13.1 Å². The molecule has 7 heteroatoms. The van der Waals surface area contributed by atoms with E-state index in [2.05, 4.69) is 37.3 Å². The molecule has 0 atom stereocenters. The number of hydrogen-bond acceptors (Lipinski definition) is 4. The molecule has 4 rings (SSSR count). The summed E-state index contributed by atoms with van der Waals surface area (Å²) in [4.78, 5) is 14.0. The van der Waals surface area contributed by atoms with E-state index in [9.17, 15) is 10.0 Å². The largest absolute Gasteiger partial charge is 0.497 e. The van der Waals surface area contributed by atoms with Crippen molar-refractivity contribution in [2.75, 3.05) is 26.7 Å². The SMILES string of the molecule is CCN(O)C(=O)N1CCC(c2cc(-c3ccc(C)cc3)n(-c3ccc(OC)cc3)n2)CC1. The van der Waals surface area contributed by atoms with Crippen molar-refractivity contribution in [3.63, 3.8) is 0 Å². The molecule has 32 heavy (non-hydrogen) atoms. The number of carbonyl (C=O) groups excluding carboxylic acids is 1. The molecule has 1 saturated heterocycles. The van der Waals surface area contributed by atoms with Gasteiger partial charge in [0.15, 0.2) is 0 Å². The van der Waals surface area contributed by atoms with Gasteiger partial charge in [-0.3, -0.25) is 5.21 Å². The van der Waals surface area contributed by atoms with Gasteiger partial charge in [0, 0.05) is 31.1 Å². The summed E-state index contributed by atoms with van der Waals surface area (Å²) in [6, 6.07) is 18.2. The zero-order chi connectivity index (χ0) is 22.7. The zero-order valence-corrected chi connectivity index (χ0v) is 18.9. The van der Waals surface area contributed by atoms with Crippen LogP contribution in [0.15, 0.2) is 54.6 Å². The maximum absolute atomic E-state index is 12.3. The molecule has 2 amide bonds. The summed E-state index contributed by atoms with van der Waals surface area (Å²) in [7, 11) is 1.66. The Hall–Kier alpha value is -3.32. The van der Waals surface area contributed by atoms with Crippen LogP contribution in [-0.4, -0.2) is 57.7 Å². The number of hydroxylamine groups is 2. The Bertz CT molecular complexity index is 1050. The predicted molar refractivity (Wildman–Crippen MR) is 123 cm³/mol. The van der Waals surface area contributed by atoms with E-state index in [1.165, 1.54) is 5.56 Å². The smallest absolute Gasteiger partial charge is 0.343 e. The number of methoxy groups -OCH3 is 1. The number of piperidine rings is 1. The molecule has 3 aromatic rings. The minimum absolute atomic E-state index is 0.261. The minimum Gasteiger partial charge on any atom is -0.497 e. The Balaban J connectivity index is 1.62. The van der Waals surface area contributed by atoms with E-state index < -0.39 is 0 Å². The number of amides is 2. The van der Waals surface area contributed by atoms with Crippen LogP contribution in [0.25, 0.3) is 16.9 Å². The Morgan fingerprint density at radius 1 is 1.12 bits per heavy atom. The van der Waals surface area contributed by atoms with Crippen LogP contribution in [0.4, 0.5) is 4.79 Å². The lowest BCUT2D eigenvalue weighted by Gasteiger charge is -2.32. The van der Waals surface area contributed by atoms with E-state index in [1.54, 1.807) is 18.9 Å². The van der Waals surface area contributed by atoms with Gasteiger partial charge < -0.3 is 9.64 Å². The highest BCUT2D eigenvalue weighted by Crippen LogP contribution is 2.33. The van der Waals surface area contributed by atoms with Crippen LogP contribution in [0.2, 0.25) is 0 Å². The van der Waals surface area contributed by atoms with Gasteiger partial charge in [-0.15, -0.1) is 0 Å². The summed E-state index contributed by atoms with van der Waals surface area (Å²) in [6.45, 7) is 5.33. The molecule has 0 saturated carbocycles. The lowest BCUT2D eigenvalue weighted by molar-refractivity contribution is -0.0542. The van der Waals surface area contributed by atoms with Crippen molar-refractivity contribution in [1.29, 1.82) is 0 Å². The number of carbonyl (C=O) groups is 1. The van der Waals surface area contributed by atoms with E-state index in [4.69, 9.17) is 9.84 Å². The second-order valence-electron chi connectivity index (χ2n) is 8.19. The molecular formula is C25H30N4O3. The summed E-state index contributed by atoms with van der Waals surface area (Å²) < 4.78 is 7.29. The summed E-state index contributed by atoms with van der Waals surface area (Å²) in [5.41, 5.74) is 5.36. The van der Waals surface area contributed by atoms with Crippen molar-refractivity contribution in [2.24, 2.45) is 0 Å². The average molecular weight is 435 g/mol. The van der Waals surface area contributed by atoms with Crippen molar-refractivity contribution in [3.8, 4) is 22.7 Å². The normalized spacial score (nSPS) is 14.4. The maximum Gasteiger partial charge on any atom is 0.343 e. The topological polar surface area (TPSA) is 70.8 Å². The number of hydrogen-bond donors (Lipinski definition) is 1. The van der Waals surface area contributed by atoms with E-state index in [1.807, 2.05) is 28.9 Å². The van der Waals surface area contributed by atoms with Gasteiger partial charge in [-0.1, -0.05) is 29.8 Å². The third-order valence-corrected chi connectivity index (χ3v) is 6.10. The van der Waals surface area contributed by atoms with Gasteiger partial charge in [-0.25, -0.2) is 14.5 Å². The fraction of sp³-hybridized carbons (Fsp3) is 0.360. The average Bonchev–Trinajstić information content (AvgIpc) is 3.29.